The van der Waals surface area contributed by atoms with Crippen LogP contribution in [0.5, 0.6) is 0 Å². The molecule has 1 nitrogen and oxygen atoms in total. The van der Waals surface area contributed by atoms with Crippen molar-refractivity contribution in [2.75, 3.05) is 0 Å². The van der Waals surface area contributed by atoms with E-state index in [2.05, 4.69) is 15.9 Å². The number of hydrogen-bond donors (Lipinski definition) is 0. The third-order valence-electron chi connectivity index (χ3n) is 0.720. The standard InChI is InChI=1S/C5H7BrO/c1-4(3-7)5(2)6/h3H,1-2H3/b5-4-. The van der Waals surface area contributed by atoms with E-state index in [0.29, 0.717) is 0 Å². The zero-order chi connectivity index (χ0) is 5.86. The first-order valence-corrected chi connectivity index (χ1v) is 2.76. The second kappa shape index (κ2) is 2.97. The Hall–Kier alpha value is -0.110. The number of hydrogen-bond acceptors (Lipinski definition) is 1. The van der Waals surface area contributed by atoms with Crippen LogP contribution in [-0.2, 0) is 4.79 Å². The minimum absolute atomic E-state index is 0.750. The van der Waals surface area contributed by atoms with Crippen molar-refractivity contribution in [1.29, 1.82) is 0 Å². The predicted molar refractivity (Wildman–Crippen MR) is 33.4 cm³/mol. The molecule has 0 atom stereocenters. The molecule has 0 heterocycles. The Balaban J connectivity index is 3.98. The van der Waals surface area contributed by atoms with Gasteiger partial charge in [0.2, 0.25) is 0 Å². The molecule has 0 saturated carbocycles. The highest BCUT2D eigenvalue weighted by Crippen LogP contribution is 2.06. The molecule has 0 radical (unpaired) electrons. The van der Waals surface area contributed by atoms with Gasteiger partial charge in [-0.3, -0.25) is 4.79 Å². The molecule has 0 rings (SSSR count). The van der Waals surface area contributed by atoms with Crippen LogP contribution in [0.2, 0.25) is 0 Å². The molecule has 40 valence electrons. The van der Waals surface area contributed by atoms with Crippen molar-refractivity contribution in [2.45, 2.75) is 13.8 Å². The van der Waals surface area contributed by atoms with Crippen molar-refractivity contribution in [2.24, 2.45) is 0 Å². The van der Waals surface area contributed by atoms with Gasteiger partial charge in [-0.25, -0.2) is 0 Å². The summed E-state index contributed by atoms with van der Waals surface area (Å²) in [5, 5.41) is 0. The van der Waals surface area contributed by atoms with Gasteiger partial charge in [0.15, 0.2) is 0 Å². The van der Waals surface area contributed by atoms with E-state index >= 15 is 0 Å². The molecule has 0 aromatic heterocycles. The van der Waals surface area contributed by atoms with Crippen LogP contribution in [0.4, 0.5) is 0 Å². The summed E-state index contributed by atoms with van der Waals surface area (Å²) in [4.78, 5) is 9.86. The smallest absolute Gasteiger partial charge is 0.146 e. The molecular weight excluding hydrogens is 156 g/mol. The third kappa shape index (κ3) is 2.57. The van der Waals surface area contributed by atoms with Crippen LogP contribution in [0.25, 0.3) is 0 Å². The van der Waals surface area contributed by atoms with Gasteiger partial charge in [0.05, 0.1) is 0 Å². The van der Waals surface area contributed by atoms with Gasteiger partial charge >= 0.3 is 0 Å². The minimum atomic E-state index is 0.750. The lowest BCUT2D eigenvalue weighted by molar-refractivity contribution is -0.104. The summed E-state index contributed by atoms with van der Waals surface area (Å²) in [6.07, 6.45) is 0.823. The van der Waals surface area contributed by atoms with Crippen LogP contribution < -0.4 is 0 Å². The van der Waals surface area contributed by atoms with Gasteiger partial charge in [-0.15, -0.1) is 0 Å². The molecule has 0 aliphatic heterocycles. The average Bonchev–Trinajstić information content (AvgIpc) is 1.65. The van der Waals surface area contributed by atoms with Crippen LogP contribution in [-0.4, -0.2) is 6.29 Å². The normalized spacial score (nSPS) is 13.0. The number of rotatable bonds is 1. The molecule has 0 saturated heterocycles. The quantitative estimate of drug-likeness (QED) is 0.426. The summed E-state index contributed by atoms with van der Waals surface area (Å²) >= 11 is 3.15. The van der Waals surface area contributed by atoms with Crippen molar-refractivity contribution >= 4 is 22.2 Å². The Kier molecular flexibility index (Phi) is 2.92. The van der Waals surface area contributed by atoms with Crippen LogP contribution in [0.1, 0.15) is 13.8 Å². The van der Waals surface area contributed by atoms with Crippen LogP contribution in [0.3, 0.4) is 0 Å². The lowest BCUT2D eigenvalue weighted by Gasteiger charge is -1.84. The van der Waals surface area contributed by atoms with E-state index in [1.807, 2.05) is 6.92 Å². The highest BCUT2D eigenvalue weighted by Gasteiger charge is 1.85. The number of allylic oxidation sites excluding steroid dienone is 2. The van der Waals surface area contributed by atoms with Crippen molar-refractivity contribution in [1.82, 2.24) is 0 Å². The van der Waals surface area contributed by atoms with Gasteiger partial charge in [0, 0.05) is 0 Å². The fourth-order valence-electron chi connectivity index (χ4n) is 0.0812. The van der Waals surface area contributed by atoms with Crippen molar-refractivity contribution in [3.05, 3.63) is 10.1 Å². The molecule has 0 bridgehead atoms. The molecule has 0 fully saturated rings. The average molecular weight is 163 g/mol. The number of carbonyl (C=O) groups excluding carboxylic acids is 1. The summed E-state index contributed by atoms with van der Waals surface area (Å²) in [5.74, 6) is 0. The maximum absolute atomic E-state index is 9.86. The van der Waals surface area contributed by atoms with Crippen LogP contribution in [0.15, 0.2) is 10.1 Å². The highest BCUT2D eigenvalue weighted by molar-refractivity contribution is 9.11. The van der Waals surface area contributed by atoms with Gasteiger partial charge in [-0.2, -0.15) is 0 Å². The lowest BCUT2D eigenvalue weighted by atomic mass is 10.3. The first-order valence-electron chi connectivity index (χ1n) is 1.96. The molecule has 0 spiro atoms. The molecular formula is C5H7BrO. The summed E-state index contributed by atoms with van der Waals surface area (Å²) < 4.78 is 0.905. The van der Waals surface area contributed by atoms with Crippen molar-refractivity contribution in [3.8, 4) is 0 Å². The zero-order valence-electron chi connectivity index (χ0n) is 4.36. The Morgan fingerprint density at radius 2 is 2.00 bits per heavy atom. The minimum Gasteiger partial charge on any atom is -0.298 e. The maximum Gasteiger partial charge on any atom is 0.146 e. The Labute approximate surface area is 51.5 Å². The summed E-state index contributed by atoms with van der Waals surface area (Å²) in [5.41, 5.74) is 0.750. The third-order valence-corrected chi connectivity index (χ3v) is 1.35. The zero-order valence-corrected chi connectivity index (χ0v) is 5.95. The first-order chi connectivity index (χ1) is 3.18. The molecule has 0 unspecified atom stereocenters. The van der Waals surface area contributed by atoms with E-state index in [0.717, 1.165) is 16.3 Å². The van der Waals surface area contributed by atoms with E-state index in [1.54, 1.807) is 6.92 Å². The van der Waals surface area contributed by atoms with Gasteiger partial charge in [0.1, 0.15) is 6.29 Å². The molecule has 0 aromatic rings. The molecule has 0 N–H and O–H groups in total. The molecule has 0 aromatic carbocycles. The van der Waals surface area contributed by atoms with Gasteiger partial charge < -0.3 is 0 Å². The highest BCUT2D eigenvalue weighted by atomic mass is 79.9. The van der Waals surface area contributed by atoms with E-state index in [4.69, 9.17) is 0 Å². The molecule has 0 amide bonds. The monoisotopic (exact) mass is 162 g/mol. The summed E-state index contributed by atoms with van der Waals surface area (Å²) in [6, 6.07) is 0. The summed E-state index contributed by atoms with van der Waals surface area (Å²) in [6.45, 7) is 3.60. The van der Waals surface area contributed by atoms with Gasteiger partial charge in [-0.05, 0) is 23.9 Å². The van der Waals surface area contributed by atoms with Crippen molar-refractivity contribution < 1.29 is 4.79 Å². The SMILES string of the molecule is C/C(Br)=C(\C)C=O. The molecule has 2 heteroatoms. The summed E-state index contributed by atoms with van der Waals surface area (Å²) in [7, 11) is 0. The number of halogens is 1. The van der Waals surface area contributed by atoms with Gasteiger partial charge in [0.25, 0.3) is 0 Å². The van der Waals surface area contributed by atoms with E-state index < -0.39 is 0 Å². The maximum atomic E-state index is 9.86. The second-order valence-corrected chi connectivity index (χ2v) is 2.52. The predicted octanol–water partition coefficient (Wildman–Crippen LogP) is 1.87. The van der Waals surface area contributed by atoms with Gasteiger partial charge in [-0.1, -0.05) is 15.9 Å². The second-order valence-electron chi connectivity index (χ2n) is 1.33. The lowest BCUT2D eigenvalue weighted by Crippen LogP contribution is -1.75. The van der Waals surface area contributed by atoms with Crippen LogP contribution in [0, 0.1) is 0 Å². The molecule has 0 aliphatic carbocycles. The van der Waals surface area contributed by atoms with Crippen LogP contribution >= 0.6 is 15.9 Å². The Morgan fingerprint density at radius 1 is 1.57 bits per heavy atom. The van der Waals surface area contributed by atoms with E-state index in [-0.39, 0.29) is 0 Å². The number of carbonyl (C=O) groups is 1. The van der Waals surface area contributed by atoms with E-state index in [9.17, 15) is 4.79 Å². The van der Waals surface area contributed by atoms with Crippen molar-refractivity contribution in [3.63, 3.8) is 0 Å². The first kappa shape index (κ1) is 6.89. The number of aldehydes is 1. The molecule has 7 heavy (non-hydrogen) atoms. The fraction of sp³-hybridized carbons (Fsp3) is 0.400. The Bertz CT molecular complexity index is 101. The molecule has 0 aliphatic rings. The topological polar surface area (TPSA) is 17.1 Å². The van der Waals surface area contributed by atoms with E-state index in [1.165, 1.54) is 0 Å². The Morgan fingerprint density at radius 3 is 2.00 bits per heavy atom. The fourth-order valence-corrected chi connectivity index (χ4v) is 0.175. The largest absolute Gasteiger partial charge is 0.298 e.